The lowest BCUT2D eigenvalue weighted by Gasteiger charge is -2.06. The fraction of sp³-hybridized carbons (Fsp3) is 0.158. The Kier molecular flexibility index (Phi) is 5.74. The lowest BCUT2D eigenvalue weighted by Crippen LogP contribution is -2.24. The first-order valence-electron chi connectivity index (χ1n) is 7.90. The van der Waals surface area contributed by atoms with Gasteiger partial charge in [0.25, 0.3) is 0 Å². The molecule has 126 valence electrons. The lowest BCUT2D eigenvalue weighted by molar-refractivity contribution is -0.118. The van der Waals surface area contributed by atoms with Crippen molar-refractivity contribution in [2.45, 2.75) is 18.6 Å². The summed E-state index contributed by atoms with van der Waals surface area (Å²) >= 11 is 1.31. The summed E-state index contributed by atoms with van der Waals surface area (Å²) in [6.07, 6.45) is 3.41. The highest BCUT2D eigenvalue weighted by Crippen LogP contribution is 2.18. The average molecular weight is 350 g/mol. The second-order valence-corrected chi connectivity index (χ2v) is 6.44. The monoisotopic (exact) mass is 350 g/mol. The van der Waals surface area contributed by atoms with Crippen molar-refractivity contribution in [3.05, 3.63) is 72.1 Å². The van der Waals surface area contributed by atoms with E-state index in [4.69, 9.17) is 0 Å². The number of aromatic nitrogens is 3. The molecule has 1 amide bonds. The Morgan fingerprint density at radius 3 is 2.76 bits per heavy atom. The third-order valence-corrected chi connectivity index (χ3v) is 4.33. The summed E-state index contributed by atoms with van der Waals surface area (Å²) in [6, 6.07) is 15.6. The summed E-state index contributed by atoms with van der Waals surface area (Å²) in [5.74, 6) is 0.232. The molecule has 0 unspecified atom stereocenters. The van der Waals surface area contributed by atoms with Crippen LogP contribution in [0, 0.1) is 6.92 Å². The number of pyridine rings is 1. The predicted octanol–water partition coefficient (Wildman–Crippen LogP) is 3.26. The summed E-state index contributed by atoms with van der Waals surface area (Å²) in [5, 5.41) is 3.48. The summed E-state index contributed by atoms with van der Waals surface area (Å²) in [7, 11) is 0. The minimum atomic E-state index is -0.0432. The van der Waals surface area contributed by atoms with E-state index in [9.17, 15) is 4.79 Å². The molecule has 2 aromatic heterocycles. The van der Waals surface area contributed by atoms with E-state index in [-0.39, 0.29) is 11.7 Å². The molecule has 0 aliphatic carbocycles. The Hall–Kier alpha value is -2.73. The second kappa shape index (κ2) is 8.39. The van der Waals surface area contributed by atoms with Crippen LogP contribution in [0.2, 0.25) is 0 Å². The zero-order chi connectivity index (χ0) is 17.5. The Morgan fingerprint density at radius 1 is 1.04 bits per heavy atom. The van der Waals surface area contributed by atoms with E-state index in [1.807, 2.05) is 49.4 Å². The minimum absolute atomic E-state index is 0.0432. The molecule has 1 aromatic carbocycles. The van der Waals surface area contributed by atoms with Crippen LogP contribution in [0.4, 0.5) is 0 Å². The van der Waals surface area contributed by atoms with E-state index in [0.717, 1.165) is 17.0 Å². The Balaban J connectivity index is 1.54. The standard InChI is InChI=1S/C19H18N4OS/c1-14-5-4-6-15(11-14)12-22-18(24)13-25-19-21-10-8-17(23-19)16-7-2-3-9-20-16/h2-11H,12-13H2,1H3,(H,22,24). The van der Waals surface area contributed by atoms with E-state index in [1.165, 1.54) is 17.3 Å². The number of rotatable bonds is 6. The van der Waals surface area contributed by atoms with Crippen LogP contribution in [0.25, 0.3) is 11.4 Å². The number of amides is 1. The van der Waals surface area contributed by atoms with Gasteiger partial charge in [-0.05, 0) is 30.7 Å². The average Bonchev–Trinajstić information content (AvgIpc) is 2.66. The first-order valence-corrected chi connectivity index (χ1v) is 8.89. The maximum Gasteiger partial charge on any atom is 0.230 e. The fourth-order valence-electron chi connectivity index (χ4n) is 2.27. The SMILES string of the molecule is Cc1cccc(CNC(=O)CSc2nccc(-c3ccccn3)n2)c1. The van der Waals surface area contributed by atoms with Crippen molar-refractivity contribution in [3.63, 3.8) is 0 Å². The molecule has 3 rings (SSSR count). The zero-order valence-electron chi connectivity index (χ0n) is 13.8. The number of hydrogen-bond donors (Lipinski definition) is 1. The van der Waals surface area contributed by atoms with Gasteiger partial charge in [0.15, 0.2) is 5.16 Å². The minimum Gasteiger partial charge on any atom is -0.351 e. The van der Waals surface area contributed by atoms with E-state index in [0.29, 0.717) is 11.7 Å². The Morgan fingerprint density at radius 2 is 1.96 bits per heavy atom. The van der Waals surface area contributed by atoms with E-state index < -0.39 is 0 Å². The molecule has 0 spiro atoms. The Bertz CT molecular complexity index is 855. The van der Waals surface area contributed by atoms with Crippen molar-refractivity contribution in [1.82, 2.24) is 20.3 Å². The molecule has 0 aliphatic rings. The van der Waals surface area contributed by atoms with Crippen molar-refractivity contribution in [3.8, 4) is 11.4 Å². The number of hydrogen-bond acceptors (Lipinski definition) is 5. The van der Waals surface area contributed by atoms with Gasteiger partial charge in [-0.15, -0.1) is 0 Å². The van der Waals surface area contributed by atoms with Crippen LogP contribution in [0.1, 0.15) is 11.1 Å². The molecular formula is C19H18N4OS. The molecule has 0 bridgehead atoms. The molecule has 2 heterocycles. The van der Waals surface area contributed by atoms with Crippen LogP contribution in [0.15, 0.2) is 66.1 Å². The highest BCUT2D eigenvalue weighted by atomic mass is 32.2. The van der Waals surface area contributed by atoms with E-state index in [1.54, 1.807) is 12.4 Å². The smallest absolute Gasteiger partial charge is 0.230 e. The number of nitrogens with zero attached hydrogens (tertiary/aromatic N) is 3. The number of carbonyl (C=O) groups is 1. The molecule has 0 saturated heterocycles. The first kappa shape index (κ1) is 17.1. The van der Waals surface area contributed by atoms with Crippen LogP contribution >= 0.6 is 11.8 Å². The summed E-state index contributed by atoms with van der Waals surface area (Å²) in [5.41, 5.74) is 3.81. The number of benzene rings is 1. The highest BCUT2D eigenvalue weighted by Gasteiger charge is 2.07. The van der Waals surface area contributed by atoms with Crippen LogP contribution in [-0.2, 0) is 11.3 Å². The third-order valence-electron chi connectivity index (χ3n) is 3.47. The van der Waals surface area contributed by atoms with Crippen LogP contribution in [-0.4, -0.2) is 26.6 Å². The third kappa shape index (κ3) is 5.12. The van der Waals surface area contributed by atoms with Gasteiger partial charge >= 0.3 is 0 Å². The van der Waals surface area contributed by atoms with Crippen molar-refractivity contribution >= 4 is 17.7 Å². The molecule has 1 N–H and O–H groups in total. The van der Waals surface area contributed by atoms with Gasteiger partial charge in [0.05, 0.1) is 17.1 Å². The van der Waals surface area contributed by atoms with Gasteiger partial charge in [-0.1, -0.05) is 47.7 Å². The zero-order valence-corrected chi connectivity index (χ0v) is 14.7. The van der Waals surface area contributed by atoms with Gasteiger partial charge in [0.2, 0.25) is 5.91 Å². The highest BCUT2D eigenvalue weighted by molar-refractivity contribution is 7.99. The fourth-order valence-corrected chi connectivity index (χ4v) is 2.93. The normalized spacial score (nSPS) is 10.4. The molecule has 3 aromatic rings. The maximum absolute atomic E-state index is 12.0. The Labute approximate surface area is 150 Å². The number of carbonyl (C=O) groups excluding carboxylic acids is 1. The molecule has 5 nitrogen and oxygen atoms in total. The van der Waals surface area contributed by atoms with E-state index in [2.05, 4.69) is 26.3 Å². The quantitative estimate of drug-likeness (QED) is 0.546. The van der Waals surface area contributed by atoms with Crippen molar-refractivity contribution in [2.24, 2.45) is 0 Å². The number of aryl methyl sites for hydroxylation is 1. The molecule has 25 heavy (non-hydrogen) atoms. The first-order chi connectivity index (χ1) is 12.2. The molecule has 0 radical (unpaired) electrons. The summed E-state index contributed by atoms with van der Waals surface area (Å²) < 4.78 is 0. The molecule has 0 atom stereocenters. The van der Waals surface area contributed by atoms with Crippen molar-refractivity contribution < 1.29 is 4.79 Å². The summed E-state index contributed by atoms with van der Waals surface area (Å²) in [4.78, 5) is 25.0. The molecule has 0 aliphatic heterocycles. The maximum atomic E-state index is 12.0. The topological polar surface area (TPSA) is 67.8 Å². The van der Waals surface area contributed by atoms with Gasteiger partial charge < -0.3 is 5.32 Å². The van der Waals surface area contributed by atoms with Gasteiger partial charge in [-0.2, -0.15) is 0 Å². The summed E-state index contributed by atoms with van der Waals surface area (Å²) in [6.45, 7) is 2.56. The number of nitrogens with one attached hydrogen (secondary N) is 1. The van der Waals surface area contributed by atoms with Crippen LogP contribution < -0.4 is 5.32 Å². The van der Waals surface area contributed by atoms with Gasteiger partial charge in [0.1, 0.15) is 0 Å². The number of thioether (sulfide) groups is 1. The molecule has 0 saturated carbocycles. The van der Waals surface area contributed by atoms with Crippen molar-refractivity contribution in [1.29, 1.82) is 0 Å². The van der Waals surface area contributed by atoms with Crippen molar-refractivity contribution in [2.75, 3.05) is 5.75 Å². The van der Waals surface area contributed by atoms with E-state index >= 15 is 0 Å². The van der Waals surface area contributed by atoms with Gasteiger partial charge in [0, 0.05) is 18.9 Å². The second-order valence-electron chi connectivity index (χ2n) is 5.49. The largest absolute Gasteiger partial charge is 0.351 e. The lowest BCUT2D eigenvalue weighted by atomic mass is 10.1. The molecule has 6 heteroatoms. The molecule has 0 fully saturated rings. The van der Waals surface area contributed by atoms with Gasteiger partial charge in [-0.25, -0.2) is 9.97 Å². The van der Waals surface area contributed by atoms with Crippen LogP contribution in [0.5, 0.6) is 0 Å². The molecular weight excluding hydrogens is 332 g/mol. The van der Waals surface area contributed by atoms with Crippen LogP contribution in [0.3, 0.4) is 0 Å². The predicted molar refractivity (Wildman–Crippen MR) is 99.0 cm³/mol. The van der Waals surface area contributed by atoms with Gasteiger partial charge in [-0.3, -0.25) is 9.78 Å².